The molecule has 2 atom stereocenters. The molecule has 1 aromatic heterocycles. The number of aliphatic carboxylic acids is 1. The molecule has 1 heterocycles. The topological polar surface area (TPSA) is 57.6 Å². The first kappa shape index (κ1) is 14.3. The Bertz CT molecular complexity index is 548. The number of carboxylic acid groups (broad SMARTS) is 1. The van der Waals surface area contributed by atoms with E-state index in [4.69, 9.17) is 0 Å². The number of thiophene rings is 1. The van der Waals surface area contributed by atoms with Gasteiger partial charge in [-0.25, -0.2) is 0 Å². The zero-order valence-electron chi connectivity index (χ0n) is 11.8. The van der Waals surface area contributed by atoms with E-state index in [1.54, 1.807) is 11.3 Å². The molecule has 0 aromatic carbocycles. The number of carbonyl (C=O) groups is 2. The maximum atomic E-state index is 12.9. The highest BCUT2D eigenvalue weighted by molar-refractivity contribution is 7.09. The van der Waals surface area contributed by atoms with Crippen molar-refractivity contribution in [1.29, 1.82) is 0 Å². The molecule has 112 valence electrons. The zero-order chi connectivity index (χ0) is 14.8. The molecule has 1 fully saturated rings. The van der Waals surface area contributed by atoms with Crippen molar-refractivity contribution >= 4 is 23.2 Å². The number of hydrogen-bond acceptors (Lipinski definition) is 3. The summed E-state index contributed by atoms with van der Waals surface area (Å²) in [5.74, 6) is -1.83. The highest BCUT2D eigenvalue weighted by Crippen LogP contribution is 2.34. The van der Waals surface area contributed by atoms with Crippen LogP contribution in [0.15, 0.2) is 29.7 Å². The van der Waals surface area contributed by atoms with Gasteiger partial charge in [-0.1, -0.05) is 18.2 Å². The standard InChI is InChI=1S/C16H19NO3S/c18-15(13-5-1-2-6-14(13)16(19)20)17(11-7-8-11)10-12-4-3-9-21-12/h1-4,9,11,13-14H,5-8,10H2,(H,19,20). The first-order chi connectivity index (χ1) is 10.2. The van der Waals surface area contributed by atoms with Crippen molar-refractivity contribution in [3.63, 3.8) is 0 Å². The van der Waals surface area contributed by atoms with E-state index in [1.807, 2.05) is 34.6 Å². The minimum Gasteiger partial charge on any atom is -0.481 e. The summed E-state index contributed by atoms with van der Waals surface area (Å²) in [7, 11) is 0. The molecule has 2 aliphatic carbocycles. The summed E-state index contributed by atoms with van der Waals surface area (Å²) in [4.78, 5) is 27.3. The minimum absolute atomic E-state index is 0.0163. The average molecular weight is 305 g/mol. The van der Waals surface area contributed by atoms with E-state index in [0.29, 0.717) is 25.4 Å². The molecule has 1 amide bonds. The van der Waals surface area contributed by atoms with Crippen LogP contribution in [-0.4, -0.2) is 27.9 Å². The van der Waals surface area contributed by atoms with Crippen LogP contribution in [0.5, 0.6) is 0 Å². The number of rotatable bonds is 5. The van der Waals surface area contributed by atoms with Crippen LogP contribution in [-0.2, 0) is 16.1 Å². The molecule has 0 saturated heterocycles. The van der Waals surface area contributed by atoms with Gasteiger partial charge in [0.15, 0.2) is 0 Å². The van der Waals surface area contributed by atoms with Gasteiger partial charge in [0.1, 0.15) is 0 Å². The molecule has 3 rings (SSSR count). The van der Waals surface area contributed by atoms with Gasteiger partial charge >= 0.3 is 5.97 Å². The third-order valence-corrected chi connectivity index (χ3v) is 5.10. The lowest BCUT2D eigenvalue weighted by Gasteiger charge is -2.31. The highest BCUT2D eigenvalue weighted by atomic mass is 32.1. The fourth-order valence-corrected chi connectivity index (χ4v) is 3.62. The number of carbonyl (C=O) groups excluding carboxylic acids is 1. The minimum atomic E-state index is -0.857. The van der Waals surface area contributed by atoms with E-state index in [-0.39, 0.29) is 5.91 Å². The quantitative estimate of drug-likeness (QED) is 0.851. The molecule has 2 aliphatic rings. The van der Waals surface area contributed by atoms with E-state index in [2.05, 4.69) is 0 Å². The Kier molecular flexibility index (Phi) is 4.10. The van der Waals surface area contributed by atoms with Crippen LogP contribution in [0.25, 0.3) is 0 Å². The molecule has 2 unspecified atom stereocenters. The van der Waals surface area contributed by atoms with Crippen molar-refractivity contribution in [1.82, 2.24) is 4.90 Å². The maximum Gasteiger partial charge on any atom is 0.307 e. The Morgan fingerprint density at radius 3 is 2.52 bits per heavy atom. The van der Waals surface area contributed by atoms with E-state index < -0.39 is 17.8 Å². The van der Waals surface area contributed by atoms with Gasteiger partial charge in [-0.15, -0.1) is 11.3 Å². The van der Waals surface area contributed by atoms with Gasteiger partial charge in [0.05, 0.1) is 18.4 Å². The molecular formula is C16H19NO3S. The van der Waals surface area contributed by atoms with Crippen LogP contribution in [0.2, 0.25) is 0 Å². The van der Waals surface area contributed by atoms with Crippen molar-refractivity contribution in [2.45, 2.75) is 38.3 Å². The van der Waals surface area contributed by atoms with E-state index in [9.17, 15) is 14.7 Å². The SMILES string of the molecule is O=C(O)C1CC=CCC1C(=O)N(Cc1cccs1)C1CC1. The molecule has 1 N–H and O–H groups in total. The molecule has 1 saturated carbocycles. The molecule has 1 aromatic rings. The molecule has 0 spiro atoms. The molecular weight excluding hydrogens is 286 g/mol. The normalized spacial score (nSPS) is 24.8. The monoisotopic (exact) mass is 305 g/mol. The second-order valence-electron chi connectivity index (χ2n) is 5.77. The smallest absolute Gasteiger partial charge is 0.307 e. The van der Waals surface area contributed by atoms with Crippen LogP contribution in [0.3, 0.4) is 0 Å². The summed E-state index contributed by atoms with van der Waals surface area (Å²) >= 11 is 1.64. The van der Waals surface area contributed by atoms with Crippen LogP contribution < -0.4 is 0 Å². The van der Waals surface area contributed by atoms with Gasteiger partial charge in [0, 0.05) is 10.9 Å². The summed E-state index contributed by atoms with van der Waals surface area (Å²) in [6.45, 7) is 0.619. The average Bonchev–Trinajstić information content (AvgIpc) is 3.20. The molecule has 0 bridgehead atoms. The van der Waals surface area contributed by atoms with Crippen LogP contribution in [0, 0.1) is 11.8 Å². The molecule has 0 radical (unpaired) electrons. The van der Waals surface area contributed by atoms with Gasteiger partial charge in [0.25, 0.3) is 0 Å². The van der Waals surface area contributed by atoms with Crippen molar-refractivity contribution in [2.24, 2.45) is 11.8 Å². The van der Waals surface area contributed by atoms with Crippen LogP contribution in [0.4, 0.5) is 0 Å². The summed E-state index contributed by atoms with van der Waals surface area (Å²) in [5.41, 5.74) is 0. The van der Waals surface area contributed by atoms with E-state index >= 15 is 0 Å². The summed E-state index contributed by atoms with van der Waals surface area (Å²) in [5, 5.41) is 11.4. The number of carboxylic acids is 1. The van der Waals surface area contributed by atoms with Crippen molar-refractivity contribution in [3.05, 3.63) is 34.5 Å². The van der Waals surface area contributed by atoms with Crippen LogP contribution in [0.1, 0.15) is 30.6 Å². The van der Waals surface area contributed by atoms with Crippen molar-refractivity contribution in [2.75, 3.05) is 0 Å². The Labute approximate surface area is 128 Å². The van der Waals surface area contributed by atoms with Gasteiger partial charge < -0.3 is 10.0 Å². The lowest BCUT2D eigenvalue weighted by atomic mass is 9.82. The maximum absolute atomic E-state index is 12.9. The van der Waals surface area contributed by atoms with E-state index in [1.165, 1.54) is 0 Å². The van der Waals surface area contributed by atoms with E-state index in [0.717, 1.165) is 17.7 Å². The summed E-state index contributed by atoms with van der Waals surface area (Å²) in [6.07, 6.45) is 6.91. The second kappa shape index (κ2) is 6.02. The number of allylic oxidation sites excluding steroid dienone is 2. The fourth-order valence-electron chi connectivity index (χ4n) is 2.92. The van der Waals surface area contributed by atoms with Gasteiger partial charge in [-0.05, 0) is 37.1 Å². The molecule has 0 aliphatic heterocycles. The largest absolute Gasteiger partial charge is 0.481 e. The molecule has 21 heavy (non-hydrogen) atoms. The summed E-state index contributed by atoms with van der Waals surface area (Å²) < 4.78 is 0. The highest BCUT2D eigenvalue weighted by Gasteiger charge is 2.41. The summed E-state index contributed by atoms with van der Waals surface area (Å²) in [6, 6.07) is 4.32. The first-order valence-corrected chi connectivity index (χ1v) is 8.25. The second-order valence-corrected chi connectivity index (χ2v) is 6.80. The zero-order valence-corrected chi connectivity index (χ0v) is 12.6. The number of hydrogen-bond donors (Lipinski definition) is 1. The van der Waals surface area contributed by atoms with Crippen molar-refractivity contribution < 1.29 is 14.7 Å². The Morgan fingerprint density at radius 2 is 1.95 bits per heavy atom. The Balaban J connectivity index is 1.76. The first-order valence-electron chi connectivity index (χ1n) is 7.37. The third kappa shape index (κ3) is 3.18. The molecule has 4 nitrogen and oxygen atoms in total. The lowest BCUT2D eigenvalue weighted by Crippen LogP contribution is -2.42. The predicted molar refractivity (Wildman–Crippen MR) is 80.9 cm³/mol. The third-order valence-electron chi connectivity index (χ3n) is 4.24. The lowest BCUT2D eigenvalue weighted by molar-refractivity contribution is -0.151. The number of nitrogens with zero attached hydrogens (tertiary/aromatic N) is 1. The predicted octanol–water partition coefficient (Wildman–Crippen LogP) is 2.91. The van der Waals surface area contributed by atoms with Crippen molar-refractivity contribution in [3.8, 4) is 0 Å². The number of amides is 1. The Hall–Kier alpha value is -1.62. The van der Waals surface area contributed by atoms with Gasteiger partial charge in [-0.2, -0.15) is 0 Å². The van der Waals surface area contributed by atoms with Gasteiger partial charge in [-0.3, -0.25) is 9.59 Å². The Morgan fingerprint density at radius 1 is 1.24 bits per heavy atom. The molecule has 5 heteroatoms. The van der Waals surface area contributed by atoms with Gasteiger partial charge in [0.2, 0.25) is 5.91 Å². The van der Waals surface area contributed by atoms with Crippen LogP contribution >= 0.6 is 11.3 Å². The fraction of sp³-hybridized carbons (Fsp3) is 0.500.